The molecule has 98 valence electrons. The van der Waals surface area contributed by atoms with Crippen LogP contribution in [0.3, 0.4) is 0 Å². The van der Waals surface area contributed by atoms with E-state index in [1.54, 1.807) is 13.0 Å². The maximum atomic E-state index is 11.8. The van der Waals surface area contributed by atoms with E-state index in [1.807, 2.05) is 0 Å². The molecular weight excluding hydrogens is 236 g/mol. The van der Waals surface area contributed by atoms with Crippen LogP contribution in [0.2, 0.25) is 0 Å². The number of anilines is 1. The van der Waals surface area contributed by atoms with Crippen LogP contribution < -0.4 is 15.8 Å². The number of hydrogen-bond acceptors (Lipinski definition) is 4. The number of benzene rings is 1. The summed E-state index contributed by atoms with van der Waals surface area (Å²) in [5.41, 5.74) is 6.30. The molecule has 1 atom stereocenters. The lowest BCUT2D eigenvalue weighted by atomic mass is 10.1. The molecule has 1 amide bonds. The van der Waals surface area contributed by atoms with Gasteiger partial charge in [-0.05, 0) is 24.6 Å². The molecule has 0 aliphatic carbocycles. The van der Waals surface area contributed by atoms with Gasteiger partial charge in [0.1, 0.15) is 11.8 Å². The van der Waals surface area contributed by atoms with Gasteiger partial charge in [-0.3, -0.25) is 4.79 Å². The van der Waals surface area contributed by atoms with Crippen LogP contribution in [0.5, 0.6) is 5.75 Å². The van der Waals surface area contributed by atoms with Crippen molar-refractivity contribution in [1.29, 1.82) is 0 Å². The molecule has 0 saturated carbocycles. The van der Waals surface area contributed by atoms with Crippen LogP contribution in [0.1, 0.15) is 23.7 Å². The summed E-state index contributed by atoms with van der Waals surface area (Å²) in [7, 11) is 1.48. The Kier molecular flexibility index (Phi) is 4.53. The minimum absolute atomic E-state index is 0.299. The zero-order valence-corrected chi connectivity index (χ0v) is 10.3. The van der Waals surface area contributed by atoms with E-state index >= 15 is 0 Å². The first-order valence-electron chi connectivity index (χ1n) is 5.46. The fraction of sp³-hybridized carbons (Fsp3) is 0.333. The quantitative estimate of drug-likeness (QED) is 0.675. The van der Waals surface area contributed by atoms with Crippen LogP contribution in [0, 0.1) is 0 Å². The first kappa shape index (κ1) is 13.8. The summed E-state index contributed by atoms with van der Waals surface area (Å²) in [6.07, 6.45) is 0.312. The lowest BCUT2D eigenvalue weighted by molar-refractivity contribution is -0.139. The average molecular weight is 252 g/mol. The molecule has 0 aliphatic rings. The second-order valence-electron chi connectivity index (χ2n) is 3.73. The molecule has 6 heteroatoms. The standard InChI is InChI=1S/C12H16N2O4/c1-3-9(12(16)17)14-11(15)7-4-5-10(18-2)8(13)6-7/h4-6,9H,3,13H2,1-2H3,(H,14,15)(H,16,17). The van der Waals surface area contributed by atoms with Gasteiger partial charge in [-0.15, -0.1) is 0 Å². The summed E-state index contributed by atoms with van der Waals surface area (Å²) >= 11 is 0. The normalized spacial score (nSPS) is 11.7. The Labute approximate surface area is 105 Å². The van der Waals surface area contributed by atoms with Crippen molar-refractivity contribution in [3.63, 3.8) is 0 Å². The van der Waals surface area contributed by atoms with Crippen LogP contribution >= 0.6 is 0 Å². The molecule has 0 aliphatic heterocycles. The zero-order chi connectivity index (χ0) is 13.7. The number of hydrogen-bond donors (Lipinski definition) is 3. The number of nitrogen functional groups attached to an aromatic ring is 1. The lowest BCUT2D eigenvalue weighted by Gasteiger charge is -2.13. The van der Waals surface area contributed by atoms with Gasteiger partial charge in [0.25, 0.3) is 5.91 Å². The molecule has 0 radical (unpaired) electrons. The third-order valence-corrected chi connectivity index (χ3v) is 2.50. The number of carbonyl (C=O) groups is 2. The molecule has 1 aromatic carbocycles. The van der Waals surface area contributed by atoms with Gasteiger partial charge in [-0.2, -0.15) is 0 Å². The molecule has 0 aromatic heterocycles. The number of carboxylic acid groups (broad SMARTS) is 1. The van der Waals surface area contributed by atoms with Gasteiger partial charge in [0.2, 0.25) is 0 Å². The van der Waals surface area contributed by atoms with Crippen LogP contribution in [0.25, 0.3) is 0 Å². The molecule has 6 nitrogen and oxygen atoms in total. The number of carboxylic acids is 1. The number of amides is 1. The highest BCUT2D eigenvalue weighted by Gasteiger charge is 2.18. The van der Waals surface area contributed by atoms with Crippen molar-refractivity contribution in [1.82, 2.24) is 5.32 Å². The Morgan fingerprint density at radius 1 is 1.50 bits per heavy atom. The van der Waals surface area contributed by atoms with Gasteiger partial charge in [-0.1, -0.05) is 6.92 Å². The second kappa shape index (κ2) is 5.90. The van der Waals surface area contributed by atoms with Gasteiger partial charge >= 0.3 is 5.97 Å². The van der Waals surface area contributed by atoms with E-state index < -0.39 is 17.9 Å². The second-order valence-corrected chi connectivity index (χ2v) is 3.73. The number of aliphatic carboxylic acids is 1. The van der Waals surface area contributed by atoms with Gasteiger partial charge in [-0.25, -0.2) is 4.79 Å². The van der Waals surface area contributed by atoms with Crippen LogP contribution in [-0.2, 0) is 4.79 Å². The average Bonchev–Trinajstić information content (AvgIpc) is 2.35. The smallest absolute Gasteiger partial charge is 0.326 e. The molecule has 1 aromatic rings. The molecular formula is C12H16N2O4. The monoisotopic (exact) mass is 252 g/mol. The third kappa shape index (κ3) is 3.13. The zero-order valence-electron chi connectivity index (χ0n) is 10.3. The van der Waals surface area contributed by atoms with Gasteiger partial charge in [0, 0.05) is 5.56 Å². The molecule has 0 saturated heterocycles. The first-order valence-corrected chi connectivity index (χ1v) is 5.46. The summed E-state index contributed by atoms with van der Waals surface area (Å²) in [4.78, 5) is 22.6. The first-order chi connectivity index (χ1) is 8.49. The molecule has 4 N–H and O–H groups in total. The maximum absolute atomic E-state index is 11.8. The largest absolute Gasteiger partial charge is 0.495 e. The molecule has 0 bridgehead atoms. The van der Waals surface area contributed by atoms with Crippen molar-refractivity contribution in [2.24, 2.45) is 0 Å². The van der Waals surface area contributed by atoms with Crippen LogP contribution in [0.4, 0.5) is 5.69 Å². The van der Waals surface area contributed by atoms with Gasteiger partial charge in [0.15, 0.2) is 0 Å². The van der Waals surface area contributed by atoms with Crippen LogP contribution in [0.15, 0.2) is 18.2 Å². The van der Waals surface area contributed by atoms with E-state index in [0.29, 0.717) is 23.4 Å². The van der Waals surface area contributed by atoms with Crippen molar-refractivity contribution >= 4 is 17.6 Å². The predicted octanol–water partition coefficient (Wildman–Crippen LogP) is 0.870. The fourth-order valence-electron chi connectivity index (χ4n) is 1.46. The topological polar surface area (TPSA) is 102 Å². The van der Waals surface area contributed by atoms with E-state index in [9.17, 15) is 9.59 Å². The SMILES string of the molecule is CCC(NC(=O)c1ccc(OC)c(N)c1)C(=O)O. The predicted molar refractivity (Wildman–Crippen MR) is 66.6 cm³/mol. The van der Waals surface area contributed by atoms with Crippen molar-refractivity contribution in [3.05, 3.63) is 23.8 Å². The summed E-state index contributed by atoms with van der Waals surface area (Å²) in [6.45, 7) is 1.68. The molecule has 0 spiro atoms. The maximum Gasteiger partial charge on any atom is 0.326 e. The Balaban J connectivity index is 2.84. The van der Waals surface area contributed by atoms with Gasteiger partial charge in [0.05, 0.1) is 12.8 Å². The minimum Gasteiger partial charge on any atom is -0.495 e. The molecule has 1 rings (SSSR count). The number of ether oxygens (including phenoxy) is 1. The van der Waals surface area contributed by atoms with E-state index in [-0.39, 0.29) is 0 Å². The van der Waals surface area contributed by atoms with E-state index in [0.717, 1.165) is 0 Å². The highest BCUT2D eigenvalue weighted by Crippen LogP contribution is 2.21. The number of carbonyl (C=O) groups excluding carboxylic acids is 1. The number of nitrogens with one attached hydrogen (secondary N) is 1. The Bertz CT molecular complexity index is 459. The molecule has 1 unspecified atom stereocenters. The van der Waals surface area contributed by atoms with Crippen molar-refractivity contribution in [2.75, 3.05) is 12.8 Å². The molecule has 0 fully saturated rings. The van der Waals surface area contributed by atoms with Crippen molar-refractivity contribution in [2.45, 2.75) is 19.4 Å². The van der Waals surface area contributed by atoms with Gasteiger partial charge < -0.3 is 20.9 Å². The molecule has 18 heavy (non-hydrogen) atoms. The van der Waals surface area contributed by atoms with E-state index in [4.69, 9.17) is 15.6 Å². The lowest BCUT2D eigenvalue weighted by Crippen LogP contribution is -2.40. The Morgan fingerprint density at radius 2 is 2.17 bits per heavy atom. The highest BCUT2D eigenvalue weighted by atomic mass is 16.5. The van der Waals surface area contributed by atoms with Crippen molar-refractivity contribution in [3.8, 4) is 5.75 Å². The summed E-state index contributed by atoms with van der Waals surface area (Å²) in [6, 6.07) is 3.63. The summed E-state index contributed by atoms with van der Waals surface area (Å²) in [5.74, 6) is -1.07. The Hall–Kier alpha value is -2.24. The number of methoxy groups -OCH3 is 1. The minimum atomic E-state index is -1.06. The highest BCUT2D eigenvalue weighted by molar-refractivity contribution is 5.97. The number of nitrogens with two attached hydrogens (primary N) is 1. The Morgan fingerprint density at radius 3 is 2.61 bits per heavy atom. The fourth-order valence-corrected chi connectivity index (χ4v) is 1.46. The van der Waals surface area contributed by atoms with E-state index in [2.05, 4.69) is 5.32 Å². The van der Waals surface area contributed by atoms with Crippen LogP contribution in [-0.4, -0.2) is 30.1 Å². The molecule has 0 heterocycles. The number of rotatable bonds is 5. The summed E-state index contributed by atoms with van der Waals surface area (Å²) in [5, 5.41) is 11.3. The summed E-state index contributed by atoms with van der Waals surface area (Å²) < 4.78 is 4.97. The third-order valence-electron chi connectivity index (χ3n) is 2.50. The van der Waals surface area contributed by atoms with Crippen molar-refractivity contribution < 1.29 is 19.4 Å². The van der Waals surface area contributed by atoms with E-state index in [1.165, 1.54) is 19.2 Å².